The summed E-state index contributed by atoms with van der Waals surface area (Å²) in [5.41, 5.74) is 2.99. The maximum absolute atomic E-state index is 9.74. The monoisotopic (exact) mass is 287 g/mol. The molecule has 112 valence electrons. The zero-order chi connectivity index (χ0) is 14.7. The zero-order valence-electron chi connectivity index (χ0n) is 12.3. The second kappa shape index (κ2) is 6.37. The second-order valence-electron chi connectivity index (χ2n) is 5.54. The van der Waals surface area contributed by atoms with Crippen LogP contribution in [-0.2, 0) is 6.42 Å². The Kier molecular flexibility index (Phi) is 4.31. The van der Waals surface area contributed by atoms with Crippen LogP contribution in [0.15, 0.2) is 24.4 Å². The van der Waals surface area contributed by atoms with Crippen LogP contribution in [0, 0.1) is 0 Å². The molecule has 0 bridgehead atoms. The first kappa shape index (κ1) is 14.2. The number of piperidine rings is 1. The third kappa shape index (κ3) is 3.31. The molecule has 5 nitrogen and oxygen atoms in total. The number of methoxy groups -OCH3 is 1. The Balaban J connectivity index is 1.76. The van der Waals surface area contributed by atoms with Crippen LogP contribution in [0.25, 0.3) is 11.0 Å². The highest BCUT2D eigenvalue weighted by atomic mass is 16.5. The Bertz CT molecular complexity index is 617. The average Bonchev–Trinajstić information content (AvgIpc) is 2.52. The number of likely N-dealkylation sites (tertiary alicyclic amines) is 1. The minimum absolute atomic E-state index is 0.175. The van der Waals surface area contributed by atoms with Gasteiger partial charge >= 0.3 is 0 Å². The van der Waals surface area contributed by atoms with Crippen molar-refractivity contribution in [1.82, 2.24) is 14.9 Å². The second-order valence-corrected chi connectivity index (χ2v) is 5.54. The summed E-state index contributed by atoms with van der Waals surface area (Å²) in [5.74, 6) is 0.616. The molecule has 1 atom stereocenters. The van der Waals surface area contributed by atoms with Crippen molar-refractivity contribution in [3.8, 4) is 5.88 Å². The van der Waals surface area contributed by atoms with Gasteiger partial charge in [-0.25, -0.2) is 4.98 Å². The molecule has 1 fully saturated rings. The highest BCUT2D eigenvalue weighted by Crippen LogP contribution is 2.19. The van der Waals surface area contributed by atoms with Gasteiger partial charge in [0.1, 0.15) is 0 Å². The molecule has 0 amide bonds. The van der Waals surface area contributed by atoms with Gasteiger partial charge in [-0.2, -0.15) is 0 Å². The Hall–Kier alpha value is -1.72. The van der Waals surface area contributed by atoms with Crippen molar-refractivity contribution in [3.05, 3.63) is 30.0 Å². The van der Waals surface area contributed by atoms with E-state index in [4.69, 9.17) is 4.74 Å². The number of aliphatic hydroxyl groups is 1. The molecule has 21 heavy (non-hydrogen) atoms. The van der Waals surface area contributed by atoms with Crippen molar-refractivity contribution < 1.29 is 9.84 Å². The minimum atomic E-state index is -0.175. The summed E-state index contributed by atoms with van der Waals surface area (Å²) >= 11 is 0. The van der Waals surface area contributed by atoms with Crippen molar-refractivity contribution >= 4 is 11.0 Å². The third-order valence-electron chi connectivity index (χ3n) is 4.03. The van der Waals surface area contributed by atoms with Gasteiger partial charge in [0.25, 0.3) is 0 Å². The number of aromatic nitrogens is 2. The highest BCUT2D eigenvalue weighted by Gasteiger charge is 2.17. The van der Waals surface area contributed by atoms with Crippen molar-refractivity contribution in [2.24, 2.45) is 0 Å². The molecule has 2 aromatic rings. The fourth-order valence-corrected chi connectivity index (χ4v) is 2.89. The standard InChI is InChI=1S/C16H21N3O2/c1-21-15-5-4-14-16(18-15)12(6-8-17-14)7-10-19-9-2-3-13(20)11-19/h4-6,8,13,20H,2-3,7,9-11H2,1H3/t13-/m0/s1. The van der Waals surface area contributed by atoms with Gasteiger partial charge in [0, 0.05) is 25.4 Å². The van der Waals surface area contributed by atoms with E-state index < -0.39 is 0 Å². The van der Waals surface area contributed by atoms with Crippen LogP contribution in [0.1, 0.15) is 18.4 Å². The summed E-state index contributed by atoms with van der Waals surface area (Å²) in [6.07, 6.45) is 4.56. The normalized spacial score (nSPS) is 19.8. The molecule has 2 aromatic heterocycles. The number of fused-ring (bicyclic) bond motifs is 1. The first-order valence-corrected chi connectivity index (χ1v) is 7.45. The maximum Gasteiger partial charge on any atom is 0.213 e. The van der Waals surface area contributed by atoms with E-state index in [0.29, 0.717) is 5.88 Å². The number of ether oxygens (including phenoxy) is 1. The SMILES string of the molecule is COc1ccc2nccc(CCN3CCC[C@H](O)C3)c2n1. The first-order chi connectivity index (χ1) is 10.3. The van der Waals surface area contributed by atoms with Gasteiger partial charge in [-0.15, -0.1) is 0 Å². The summed E-state index contributed by atoms with van der Waals surface area (Å²) in [7, 11) is 1.62. The van der Waals surface area contributed by atoms with Crippen molar-refractivity contribution in [2.75, 3.05) is 26.7 Å². The van der Waals surface area contributed by atoms with E-state index in [1.54, 1.807) is 7.11 Å². The Labute approximate surface area is 124 Å². The number of pyridine rings is 2. The molecule has 0 spiro atoms. The van der Waals surface area contributed by atoms with E-state index in [2.05, 4.69) is 14.9 Å². The summed E-state index contributed by atoms with van der Waals surface area (Å²) in [4.78, 5) is 11.2. The van der Waals surface area contributed by atoms with Gasteiger partial charge in [0.2, 0.25) is 5.88 Å². The molecular weight excluding hydrogens is 266 g/mol. The van der Waals surface area contributed by atoms with Crippen LogP contribution >= 0.6 is 0 Å². The predicted octanol–water partition coefficient (Wildman–Crippen LogP) is 1.64. The molecular formula is C16H21N3O2. The molecule has 1 aliphatic rings. The predicted molar refractivity (Wildman–Crippen MR) is 81.5 cm³/mol. The molecule has 0 unspecified atom stereocenters. The van der Waals surface area contributed by atoms with Crippen LogP contribution in [0.2, 0.25) is 0 Å². The van der Waals surface area contributed by atoms with Crippen LogP contribution < -0.4 is 4.74 Å². The Morgan fingerprint density at radius 2 is 2.29 bits per heavy atom. The Morgan fingerprint density at radius 1 is 1.38 bits per heavy atom. The quantitative estimate of drug-likeness (QED) is 0.926. The topological polar surface area (TPSA) is 58.5 Å². The number of β-amino-alcohol motifs (C(OH)–C–C–N with tert-alkyl or cyclic N) is 1. The lowest BCUT2D eigenvalue weighted by Gasteiger charge is -2.29. The Morgan fingerprint density at radius 3 is 3.10 bits per heavy atom. The first-order valence-electron chi connectivity index (χ1n) is 7.45. The van der Waals surface area contributed by atoms with Gasteiger partial charge in [-0.1, -0.05) is 0 Å². The number of nitrogens with zero attached hydrogens (tertiary/aromatic N) is 3. The van der Waals surface area contributed by atoms with E-state index >= 15 is 0 Å². The van der Waals surface area contributed by atoms with Crippen molar-refractivity contribution in [2.45, 2.75) is 25.4 Å². The lowest BCUT2D eigenvalue weighted by molar-refractivity contribution is 0.0714. The molecule has 1 saturated heterocycles. The van der Waals surface area contributed by atoms with E-state index in [0.717, 1.165) is 49.9 Å². The smallest absolute Gasteiger partial charge is 0.213 e. The number of hydrogen-bond acceptors (Lipinski definition) is 5. The summed E-state index contributed by atoms with van der Waals surface area (Å²) in [6, 6.07) is 5.80. The van der Waals surface area contributed by atoms with Crippen LogP contribution in [0.3, 0.4) is 0 Å². The molecule has 0 saturated carbocycles. The average molecular weight is 287 g/mol. The third-order valence-corrected chi connectivity index (χ3v) is 4.03. The number of hydrogen-bond donors (Lipinski definition) is 1. The molecule has 3 rings (SSSR count). The largest absolute Gasteiger partial charge is 0.481 e. The molecule has 1 aliphatic heterocycles. The lowest BCUT2D eigenvalue weighted by atomic mass is 10.1. The fraction of sp³-hybridized carbons (Fsp3) is 0.500. The van der Waals surface area contributed by atoms with Crippen molar-refractivity contribution in [3.63, 3.8) is 0 Å². The van der Waals surface area contributed by atoms with Crippen molar-refractivity contribution in [1.29, 1.82) is 0 Å². The fourth-order valence-electron chi connectivity index (χ4n) is 2.89. The number of rotatable bonds is 4. The van der Waals surface area contributed by atoms with E-state index in [-0.39, 0.29) is 6.10 Å². The summed E-state index contributed by atoms with van der Waals surface area (Å²) < 4.78 is 5.20. The van der Waals surface area contributed by atoms with Crippen LogP contribution in [0.4, 0.5) is 0 Å². The van der Waals surface area contributed by atoms with Gasteiger partial charge in [0.05, 0.1) is 24.2 Å². The van der Waals surface area contributed by atoms with Crippen LogP contribution in [0.5, 0.6) is 5.88 Å². The van der Waals surface area contributed by atoms with Gasteiger partial charge in [0.15, 0.2) is 0 Å². The summed E-state index contributed by atoms with van der Waals surface area (Å²) in [5, 5.41) is 9.74. The molecule has 5 heteroatoms. The van der Waals surface area contributed by atoms with E-state index in [1.807, 2.05) is 24.4 Å². The molecule has 0 radical (unpaired) electrons. The van der Waals surface area contributed by atoms with E-state index in [1.165, 1.54) is 5.56 Å². The zero-order valence-corrected chi connectivity index (χ0v) is 12.3. The number of aliphatic hydroxyl groups excluding tert-OH is 1. The molecule has 1 N–H and O–H groups in total. The molecule has 0 aliphatic carbocycles. The molecule has 3 heterocycles. The minimum Gasteiger partial charge on any atom is -0.481 e. The van der Waals surface area contributed by atoms with Gasteiger partial charge < -0.3 is 14.7 Å². The van der Waals surface area contributed by atoms with Gasteiger partial charge in [-0.05, 0) is 43.5 Å². The lowest BCUT2D eigenvalue weighted by Crippen LogP contribution is -2.39. The van der Waals surface area contributed by atoms with Gasteiger partial charge in [-0.3, -0.25) is 4.98 Å². The highest BCUT2D eigenvalue weighted by molar-refractivity contribution is 5.78. The van der Waals surface area contributed by atoms with Crippen LogP contribution in [-0.4, -0.2) is 52.8 Å². The van der Waals surface area contributed by atoms with E-state index in [9.17, 15) is 5.11 Å². The summed E-state index contributed by atoms with van der Waals surface area (Å²) in [6.45, 7) is 2.78. The molecule has 0 aromatic carbocycles. The maximum atomic E-state index is 9.74.